The monoisotopic (exact) mass is 332 g/mol. The Morgan fingerprint density at radius 2 is 2.17 bits per heavy atom. The number of rotatable bonds is 9. The van der Waals surface area contributed by atoms with Crippen LogP contribution >= 0.6 is 11.8 Å². The molecule has 0 atom stereocenters. The minimum absolute atomic E-state index is 0.0579. The van der Waals surface area contributed by atoms with Crippen molar-refractivity contribution >= 4 is 17.7 Å². The highest BCUT2D eigenvalue weighted by atomic mass is 32.2. The third-order valence-electron chi connectivity index (χ3n) is 2.98. The lowest BCUT2D eigenvalue weighted by molar-refractivity contribution is -0.118. The number of carbonyl (C=O) groups is 1. The number of hydrogen-bond acceptors (Lipinski definition) is 5. The number of thioether (sulfide) groups is 1. The maximum atomic E-state index is 11.8. The zero-order chi connectivity index (χ0) is 16.5. The molecule has 7 heteroatoms. The highest BCUT2D eigenvalue weighted by molar-refractivity contribution is 7.99. The molecule has 0 fully saturated rings. The maximum Gasteiger partial charge on any atom is 0.230 e. The first-order chi connectivity index (χ1) is 11.2. The van der Waals surface area contributed by atoms with E-state index in [2.05, 4.69) is 22.1 Å². The van der Waals surface area contributed by atoms with Gasteiger partial charge in [-0.25, -0.2) is 0 Å². The van der Waals surface area contributed by atoms with Gasteiger partial charge in [-0.2, -0.15) is 0 Å². The molecule has 0 aliphatic rings. The van der Waals surface area contributed by atoms with Gasteiger partial charge in [0.25, 0.3) is 0 Å². The summed E-state index contributed by atoms with van der Waals surface area (Å²) in [6, 6.07) is 9.51. The molecule has 0 unspecified atom stereocenters. The zero-order valence-corrected chi connectivity index (χ0v) is 13.9. The van der Waals surface area contributed by atoms with E-state index in [1.807, 2.05) is 41.8 Å². The Kier molecular flexibility index (Phi) is 6.68. The molecule has 1 N–H and O–H groups in total. The van der Waals surface area contributed by atoms with E-state index in [0.29, 0.717) is 25.4 Å². The summed E-state index contributed by atoms with van der Waals surface area (Å²) in [6.45, 7) is 7.12. The molecule has 2 aromatic rings. The van der Waals surface area contributed by atoms with Crippen LogP contribution in [0.25, 0.3) is 0 Å². The summed E-state index contributed by atoms with van der Waals surface area (Å²) >= 11 is 1.36. The molecule has 0 saturated carbocycles. The number of nitrogens with one attached hydrogen (secondary N) is 1. The van der Waals surface area contributed by atoms with Crippen molar-refractivity contribution in [2.24, 2.45) is 0 Å². The molecule has 0 aliphatic heterocycles. The Labute approximate surface area is 139 Å². The average Bonchev–Trinajstić information content (AvgIpc) is 2.91. The molecule has 0 bridgehead atoms. The van der Waals surface area contributed by atoms with E-state index >= 15 is 0 Å². The lowest BCUT2D eigenvalue weighted by Crippen LogP contribution is -2.29. The third-order valence-corrected chi connectivity index (χ3v) is 3.95. The molecule has 1 amide bonds. The number of carbonyl (C=O) groups excluding carboxylic acids is 1. The Morgan fingerprint density at radius 3 is 2.91 bits per heavy atom. The van der Waals surface area contributed by atoms with Gasteiger partial charge in [-0.1, -0.05) is 36.0 Å². The molecule has 2 rings (SSSR count). The van der Waals surface area contributed by atoms with Gasteiger partial charge in [-0.3, -0.25) is 4.79 Å². The molecular weight excluding hydrogens is 312 g/mol. The fourth-order valence-electron chi connectivity index (χ4n) is 1.86. The van der Waals surface area contributed by atoms with Gasteiger partial charge in [-0.15, -0.1) is 16.8 Å². The van der Waals surface area contributed by atoms with Gasteiger partial charge < -0.3 is 14.6 Å². The molecule has 1 aromatic carbocycles. The van der Waals surface area contributed by atoms with Crippen molar-refractivity contribution in [2.45, 2.75) is 18.6 Å². The molecule has 122 valence electrons. The summed E-state index contributed by atoms with van der Waals surface area (Å²) in [5.41, 5.74) is 0. The quantitative estimate of drug-likeness (QED) is 0.432. The molecular formula is C16H20N4O2S. The van der Waals surface area contributed by atoms with Crippen molar-refractivity contribution in [2.75, 3.05) is 18.9 Å². The zero-order valence-electron chi connectivity index (χ0n) is 13.1. The normalized spacial score (nSPS) is 10.3. The van der Waals surface area contributed by atoms with E-state index in [-0.39, 0.29) is 5.91 Å². The van der Waals surface area contributed by atoms with Gasteiger partial charge >= 0.3 is 0 Å². The number of allylic oxidation sites excluding steroid dienone is 1. The Bertz CT molecular complexity index is 643. The van der Waals surface area contributed by atoms with Crippen molar-refractivity contribution in [1.82, 2.24) is 20.1 Å². The van der Waals surface area contributed by atoms with Crippen LogP contribution in [0.15, 0.2) is 48.1 Å². The number of aromatic nitrogens is 3. The molecule has 0 saturated heterocycles. The number of benzene rings is 1. The summed E-state index contributed by atoms with van der Waals surface area (Å²) in [7, 11) is 0. The minimum Gasteiger partial charge on any atom is -0.492 e. The van der Waals surface area contributed by atoms with Crippen molar-refractivity contribution in [3.05, 3.63) is 48.8 Å². The lowest BCUT2D eigenvalue weighted by Gasteiger charge is -2.08. The van der Waals surface area contributed by atoms with Gasteiger partial charge in [0.2, 0.25) is 5.91 Å². The van der Waals surface area contributed by atoms with Crippen molar-refractivity contribution in [3.63, 3.8) is 0 Å². The van der Waals surface area contributed by atoms with Gasteiger partial charge in [0, 0.05) is 6.54 Å². The highest BCUT2D eigenvalue weighted by Crippen LogP contribution is 2.16. The van der Waals surface area contributed by atoms with Crippen LogP contribution < -0.4 is 10.1 Å². The van der Waals surface area contributed by atoms with E-state index < -0.39 is 0 Å². The summed E-state index contributed by atoms with van der Waals surface area (Å²) in [6.07, 6.45) is 1.78. The summed E-state index contributed by atoms with van der Waals surface area (Å²) in [5.74, 6) is 1.84. The van der Waals surface area contributed by atoms with Crippen LogP contribution in [0.4, 0.5) is 0 Å². The summed E-state index contributed by atoms with van der Waals surface area (Å²) in [5, 5.41) is 11.6. The SMILES string of the molecule is C=CCn1c(C)nnc1SCC(=O)NCCOc1ccccc1. The Hall–Kier alpha value is -2.28. The van der Waals surface area contributed by atoms with Crippen LogP contribution in [0, 0.1) is 6.92 Å². The number of ether oxygens (including phenoxy) is 1. The average molecular weight is 332 g/mol. The second kappa shape index (κ2) is 8.99. The minimum atomic E-state index is -0.0579. The standard InChI is InChI=1S/C16H20N4O2S/c1-3-10-20-13(2)18-19-16(20)23-12-15(21)17-9-11-22-14-7-5-4-6-8-14/h3-8H,1,9-12H2,2H3,(H,17,21). The molecule has 0 spiro atoms. The van der Waals surface area contributed by atoms with E-state index in [1.54, 1.807) is 6.08 Å². The topological polar surface area (TPSA) is 69.0 Å². The molecule has 1 aromatic heterocycles. The second-order valence-electron chi connectivity index (χ2n) is 4.73. The predicted octanol–water partition coefficient (Wildman–Crippen LogP) is 2.06. The molecule has 0 radical (unpaired) electrons. The van der Waals surface area contributed by atoms with Gasteiger partial charge in [0.05, 0.1) is 12.3 Å². The highest BCUT2D eigenvalue weighted by Gasteiger charge is 2.10. The largest absolute Gasteiger partial charge is 0.492 e. The van der Waals surface area contributed by atoms with E-state index in [1.165, 1.54) is 11.8 Å². The number of hydrogen-bond donors (Lipinski definition) is 1. The molecule has 1 heterocycles. The number of aryl methyl sites for hydroxylation is 1. The van der Waals surface area contributed by atoms with Crippen LogP contribution in [0.5, 0.6) is 5.75 Å². The van der Waals surface area contributed by atoms with Crippen LogP contribution in [-0.4, -0.2) is 39.6 Å². The van der Waals surface area contributed by atoms with Gasteiger partial charge in [-0.05, 0) is 19.1 Å². The first kappa shape index (κ1) is 17.1. The van der Waals surface area contributed by atoms with Gasteiger partial charge in [0.1, 0.15) is 18.2 Å². The Balaban J connectivity index is 1.68. The predicted molar refractivity (Wildman–Crippen MR) is 90.6 cm³/mol. The van der Waals surface area contributed by atoms with E-state index in [9.17, 15) is 4.79 Å². The van der Waals surface area contributed by atoms with Crippen molar-refractivity contribution in [3.8, 4) is 5.75 Å². The fourth-order valence-corrected chi connectivity index (χ4v) is 2.69. The number of nitrogens with zero attached hydrogens (tertiary/aromatic N) is 3. The molecule has 23 heavy (non-hydrogen) atoms. The summed E-state index contributed by atoms with van der Waals surface area (Å²) in [4.78, 5) is 11.8. The van der Waals surface area contributed by atoms with Crippen LogP contribution in [0.3, 0.4) is 0 Å². The maximum absolute atomic E-state index is 11.8. The first-order valence-electron chi connectivity index (χ1n) is 7.28. The number of para-hydroxylation sites is 1. The van der Waals surface area contributed by atoms with Crippen LogP contribution in [0.2, 0.25) is 0 Å². The van der Waals surface area contributed by atoms with Crippen molar-refractivity contribution < 1.29 is 9.53 Å². The molecule has 0 aliphatic carbocycles. The van der Waals surface area contributed by atoms with Crippen LogP contribution in [0.1, 0.15) is 5.82 Å². The van der Waals surface area contributed by atoms with E-state index in [4.69, 9.17) is 4.74 Å². The second-order valence-corrected chi connectivity index (χ2v) is 5.67. The number of amides is 1. The molecule has 6 nitrogen and oxygen atoms in total. The fraction of sp³-hybridized carbons (Fsp3) is 0.312. The van der Waals surface area contributed by atoms with Crippen molar-refractivity contribution in [1.29, 1.82) is 0 Å². The van der Waals surface area contributed by atoms with Crippen LogP contribution in [-0.2, 0) is 11.3 Å². The summed E-state index contributed by atoms with van der Waals surface area (Å²) < 4.78 is 7.43. The van der Waals surface area contributed by atoms with E-state index in [0.717, 1.165) is 16.7 Å². The third kappa shape index (κ3) is 5.45. The first-order valence-corrected chi connectivity index (χ1v) is 8.27. The van der Waals surface area contributed by atoms with Gasteiger partial charge in [0.15, 0.2) is 5.16 Å². The smallest absolute Gasteiger partial charge is 0.230 e. The Morgan fingerprint density at radius 1 is 1.39 bits per heavy atom. The lowest BCUT2D eigenvalue weighted by atomic mass is 10.3.